The minimum atomic E-state index is -0.469. The van der Waals surface area contributed by atoms with E-state index >= 15 is 0 Å². The first-order valence-electron chi connectivity index (χ1n) is 11.7. The molecule has 32 heavy (non-hydrogen) atoms. The maximum absolute atomic E-state index is 12.8. The zero-order valence-electron chi connectivity index (χ0n) is 18.8. The molecule has 1 aromatic rings. The molecule has 8 nitrogen and oxygen atoms in total. The van der Waals surface area contributed by atoms with Gasteiger partial charge in [0.05, 0.1) is 19.8 Å². The fourth-order valence-corrected chi connectivity index (χ4v) is 6.44. The van der Waals surface area contributed by atoms with Gasteiger partial charge in [-0.25, -0.2) is 4.79 Å². The number of ether oxygens (including phenoxy) is 3. The number of fused-ring (bicyclic) bond motifs is 6. The number of phenols is 1. The predicted octanol–water partition coefficient (Wildman–Crippen LogP) is 2.43. The fraction of sp³-hybridized carbons (Fsp3) is 0.667. The Balaban J connectivity index is 1.27. The van der Waals surface area contributed by atoms with E-state index in [0.29, 0.717) is 36.2 Å². The molecule has 8 heteroatoms. The summed E-state index contributed by atoms with van der Waals surface area (Å²) in [4.78, 5) is 30.1. The first-order chi connectivity index (χ1) is 15.5. The van der Waals surface area contributed by atoms with Gasteiger partial charge in [-0.3, -0.25) is 9.69 Å². The van der Waals surface area contributed by atoms with E-state index in [1.165, 1.54) is 32.8 Å². The van der Waals surface area contributed by atoms with Gasteiger partial charge < -0.3 is 24.2 Å². The standard InChI is InChI=1S/C24H32N2O6/c1-30-21-10-14(9-20(27)23(21)31-2)24(29)32-17-6-7-25-12-15-8-16(19(25)11-17)13-26-18(15)4-3-5-22(26)28/h9-10,15-19,27H,3-8,11-13H2,1-2H3/t15-,16-,17-,18-,19+/m0/s1. The average molecular weight is 445 g/mol. The highest BCUT2D eigenvalue weighted by Crippen LogP contribution is 2.43. The van der Waals surface area contributed by atoms with Crippen LogP contribution in [0, 0.1) is 11.8 Å². The number of esters is 1. The van der Waals surface area contributed by atoms with Crippen LogP contribution in [0.4, 0.5) is 0 Å². The molecule has 5 rings (SSSR count). The molecule has 4 aliphatic rings. The molecule has 0 unspecified atom stereocenters. The Morgan fingerprint density at radius 3 is 2.66 bits per heavy atom. The van der Waals surface area contributed by atoms with Crippen molar-refractivity contribution in [3.05, 3.63) is 17.7 Å². The molecule has 2 bridgehead atoms. The lowest BCUT2D eigenvalue weighted by molar-refractivity contribution is -0.150. The highest BCUT2D eigenvalue weighted by atomic mass is 16.5. The Morgan fingerprint density at radius 1 is 1.06 bits per heavy atom. The molecule has 0 saturated carbocycles. The van der Waals surface area contributed by atoms with Crippen molar-refractivity contribution < 1.29 is 28.9 Å². The summed E-state index contributed by atoms with van der Waals surface area (Å²) in [7, 11) is 2.89. The maximum Gasteiger partial charge on any atom is 0.338 e. The summed E-state index contributed by atoms with van der Waals surface area (Å²) in [6.07, 6.45) is 5.42. The zero-order chi connectivity index (χ0) is 22.4. The summed E-state index contributed by atoms with van der Waals surface area (Å²) in [6.45, 7) is 2.79. The van der Waals surface area contributed by atoms with Gasteiger partial charge in [-0.1, -0.05) is 0 Å². The van der Waals surface area contributed by atoms with Gasteiger partial charge in [-0.2, -0.15) is 0 Å². The second kappa shape index (κ2) is 8.46. The molecular weight excluding hydrogens is 412 g/mol. The lowest BCUT2D eigenvalue weighted by Crippen LogP contribution is -2.65. The molecule has 4 heterocycles. The topological polar surface area (TPSA) is 88.5 Å². The van der Waals surface area contributed by atoms with Gasteiger partial charge in [0.15, 0.2) is 11.5 Å². The summed E-state index contributed by atoms with van der Waals surface area (Å²) in [5.41, 5.74) is 0.241. The van der Waals surface area contributed by atoms with Crippen molar-refractivity contribution in [2.45, 2.75) is 56.7 Å². The highest BCUT2D eigenvalue weighted by Gasteiger charge is 2.49. The molecule has 4 saturated heterocycles. The molecule has 0 aromatic heterocycles. The summed E-state index contributed by atoms with van der Waals surface area (Å²) in [6, 6.07) is 3.64. The summed E-state index contributed by atoms with van der Waals surface area (Å²) in [5.74, 6) is 1.18. The van der Waals surface area contributed by atoms with Crippen molar-refractivity contribution in [2.75, 3.05) is 33.9 Å². The molecule has 0 radical (unpaired) electrons. The molecule has 4 fully saturated rings. The summed E-state index contributed by atoms with van der Waals surface area (Å²) in [5, 5.41) is 10.2. The minimum absolute atomic E-state index is 0.157. The Kier molecular flexibility index (Phi) is 5.65. The van der Waals surface area contributed by atoms with Crippen molar-refractivity contribution in [2.24, 2.45) is 11.8 Å². The fourth-order valence-electron chi connectivity index (χ4n) is 6.44. The second-order valence-electron chi connectivity index (χ2n) is 9.61. The third-order valence-electron chi connectivity index (χ3n) is 7.89. The van der Waals surface area contributed by atoms with Crippen LogP contribution < -0.4 is 9.47 Å². The van der Waals surface area contributed by atoms with E-state index in [1.807, 2.05) is 0 Å². The van der Waals surface area contributed by atoms with Crippen LogP contribution in [-0.4, -0.2) is 78.8 Å². The van der Waals surface area contributed by atoms with Gasteiger partial charge in [-0.15, -0.1) is 0 Å². The van der Waals surface area contributed by atoms with Crippen LogP contribution in [0.25, 0.3) is 0 Å². The first kappa shape index (κ1) is 21.4. The molecule has 1 amide bonds. The zero-order valence-corrected chi connectivity index (χ0v) is 18.8. The summed E-state index contributed by atoms with van der Waals surface area (Å²) >= 11 is 0. The number of hydrogen-bond acceptors (Lipinski definition) is 7. The normalized spacial score (nSPS) is 32.0. The second-order valence-corrected chi connectivity index (χ2v) is 9.61. The van der Waals surface area contributed by atoms with E-state index in [2.05, 4.69) is 9.80 Å². The van der Waals surface area contributed by atoms with E-state index in [1.54, 1.807) is 0 Å². The molecule has 0 spiro atoms. The van der Waals surface area contributed by atoms with E-state index in [-0.39, 0.29) is 28.9 Å². The molecule has 1 N–H and O–H groups in total. The van der Waals surface area contributed by atoms with Crippen LogP contribution in [0.2, 0.25) is 0 Å². The third-order valence-corrected chi connectivity index (χ3v) is 7.89. The SMILES string of the molecule is COc1cc(C(=O)O[C@H]2CCN3C[C@@H]4C[C@@H](CN5C(=O)CCC[C@@H]45)[C@H]3C2)cc(O)c1OC. The average Bonchev–Trinajstić information content (AvgIpc) is 2.79. The Hall–Kier alpha value is -2.48. The quantitative estimate of drug-likeness (QED) is 0.714. The van der Waals surface area contributed by atoms with Crippen LogP contribution in [0.15, 0.2) is 12.1 Å². The maximum atomic E-state index is 12.8. The van der Waals surface area contributed by atoms with Crippen LogP contribution in [0.3, 0.4) is 0 Å². The lowest BCUT2D eigenvalue weighted by atomic mass is 9.70. The van der Waals surface area contributed by atoms with Gasteiger partial charge in [0.25, 0.3) is 0 Å². The number of methoxy groups -OCH3 is 2. The van der Waals surface area contributed by atoms with Crippen molar-refractivity contribution in [3.63, 3.8) is 0 Å². The largest absolute Gasteiger partial charge is 0.504 e. The number of benzene rings is 1. The molecular formula is C24H32N2O6. The smallest absolute Gasteiger partial charge is 0.338 e. The molecule has 1 aromatic carbocycles. The van der Waals surface area contributed by atoms with Crippen LogP contribution in [-0.2, 0) is 9.53 Å². The Bertz CT molecular complexity index is 905. The number of phenolic OH excluding ortho intramolecular Hbond substituents is 1. The number of piperidine rings is 4. The number of carbonyl (C=O) groups is 2. The van der Waals surface area contributed by atoms with Crippen LogP contribution in [0.5, 0.6) is 17.2 Å². The Labute approximate surface area is 188 Å². The minimum Gasteiger partial charge on any atom is -0.504 e. The number of aromatic hydroxyl groups is 1. The number of rotatable bonds is 4. The van der Waals surface area contributed by atoms with E-state index in [4.69, 9.17) is 14.2 Å². The Morgan fingerprint density at radius 2 is 1.88 bits per heavy atom. The van der Waals surface area contributed by atoms with Gasteiger partial charge in [-0.05, 0) is 49.7 Å². The van der Waals surface area contributed by atoms with E-state index in [9.17, 15) is 14.7 Å². The molecule has 4 aliphatic heterocycles. The summed E-state index contributed by atoms with van der Waals surface area (Å²) < 4.78 is 16.2. The third kappa shape index (κ3) is 3.68. The number of carbonyl (C=O) groups excluding carboxylic acids is 2. The van der Waals surface area contributed by atoms with E-state index in [0.717, 1.165) is 45.3 Å². The van der Waals surface area contributed by atoms with Crippen molar-refractivity contribution in [1.29, 1.82) is 0 Å². The van der Waals surface area contributed by atoms with Crippen molar-refractivity contribution in [1.82, 2.24) is 9.80 Å². The predicted molar refractivity (Wildman–Crippen MR) is 116 cm³/mol. The molecule has 0 aliphatic carbocycles. The molecule has 5 atom stereocenters. The van der Waals surface area contributed by atoms with Crippen molar-refractivity contribution in [3.8, 4) is 17.2 Å². The molecule has 174 valence electrons. The highest BCUT2D eigenvalue weighted by molar-refractivity contribution is 5.91. The van der Waals surface area contributed by atoms with Gasteiger partial charge >= 0.3 is 5.97 Å². The van der Waals surface area contributed by atoms with Gasteiger partial charge in [0, 0.05) is 44.6 Å². The van der Waals surface area contributed by atoms with Crippen LogP contribution >= 0.6 is 0 Å². The first-order valence-corrected chi connectivity index (χ1v) is 11.7. The monoisotopic (exact) mass is 444 g/mol. The van der Waals surface area contributed by atoms with E-state index < -0.39 is 5.97 Å². The van der Waals surface area contributed by atoms with Crippen molar-refractivity contribution >= 4 is 11.9 Å². The van der Waals surface area contributed by atoms with Crippen LogP contribution in [0.1, 0.15) is 48.9 Å². The van der Waals surface area contributed by atoms with Gasteiger partial charge in [0.2, 0.25) is 11.7 Å². The number of nitrogens with zero attached hydrogens (tertiary/aromatic N) is 2. The number of hydrogen-bond donors (Lipinski definition) is 1. The lowest BCUT2D eigenvalue weighted by Gasteiger charge is -2.57. The number of amides is 1. The van der Waals surface area contributed by atoms with Gasteiger partial charge in [0.1, 0.15) is 6.10 Å².